The minimum Gasteiger partial charge on any atom is -0.768 e. The van der Waals surface area contributed by atoms with Gasteiger partial charge in [0.15, 0.2) is 0 Å². The van der Waals surface area contributed by atoms with Gasteiger partial charge in [0.2, 0.25) is 5.91 Å². The van der Waals surface area contributed by atoms with Gasteiger partial charge in [-0.1, -0.05) is 11.6 Å². The van der Waals surface area contributed by atoms with Gasteiger partial charge < -0.3 is 14.4 Å². The van der Waals surface area contributed by atoms with Crippen LogP contribution in [0.5, 0.6) is 0 Å². The SMILES string of the molecule is O=C1[C@H](N2CCCc3cc(Cl)ccc32)CCN1c1ccc(S(=O)[O-])cc1. The van der Waals surface area contributed by atoms with E-state index < -0.39 is 11.1 Å². The van der Waals surface area contributed by atoms with Gasteiger partial charge in [-0.15, -0.1) is 0 Å². The molecule has 0 aliphatic carbocycles. The Morgan fingerprint density at radius 2 is 1.88 bits per heavy atom. The number of nitrogens with zero attached hydrogens (tertiary/aromatic N) is 2. The van der Waals surface area contributed by atoms with Crippen LogP contribution in [-0.4, -0.2) is 33.8 Å². The number of hydrogen-bond acceptors (Lipinski definition) is 4. The maximum Gasteiger partial charge on any atom is 0.249 e. The number of anilines is 2. The van der Waals surface area contributed by atoms with Crippen molar-refractivity contribution in [2.45, 2.75) is 30.2 Å². The summed E-state index contributed by atoms with van der Waals surface area (Å²) >= 11 is 3.86. The van der Waals surface area contributed by atoms with Gasteiger partial charge in [0.25, 0.3) is 0 Å². The summed E-state index contributed by atoms with van der Waals surface area (Å²) in [4.78, 5) is 17.2. The summed E-state index contributed by atoms with van der Waals surface area (Å²) in [6, 6.07) is 12.1. The zero-order chi connectivity index (χ0) is 18.3. The van der Waals surface area contributed by atoms with Crippen LogP contribution in [0.15, 0.2) is 47.4 Å². The van der Waals surface area contributed by atoms with Gasteiger partial charge in [-0.25, -0.2) is 0 Å². The van der Waals surface area contributed by atoms with E-state index in [1.165, 1.54) is 17.7 Å². The second kappa shape index (κ2) is 7.02. The van der Waals surface area contributed by atoms with Crippen molar-refractivity contribution in [3.63, 3.8) is 0 Å². The molecule has 136 valence electrons. The largest absolute Gasteiger partial charge is 0.768 e. The van der Waals surface area contributed by atoms with Crippen LogP contribution in [0.25, 0.3) is 0 Å². The van der Waals surface area contributed by atoms with Crippen molar-refractivity contribution >= 4 is 40.0 Å². The summed E-state index contributed by atoms with van der Waals surface area (Å²) in [6.07, 6.45) is 2.72. The van der Waals surface area contributed by atoms with Crippen molar-refractivity contribution in [3.8, 4) is 0 Å². The third kappa shape index (κ3) is 3.13. The molecule has 2 aromatic carbocycles. The topological polar surface area (TPSA) is 63.7 Å². The van der Waals surface area contributed by atoms with E-state index in [9.17, 15) is 13.6 Å². The van der Waals surface area contributed by atoms with Crippen LogP contribution in [0.4, 0.5) is 11.4 Å². The van der Waals surface area contributed by atoms with E-state index in [1.807, 2.05) is 18.2 Å². The minimum atomic E-state index is -2.26. The van der Waals surface area contributed by atoms with Crippen molar-refractivity contribution in [1.29, 1.82) is 0 Å². The highest BCUT2D eigenvalue weighted by atomic mass is 35.5. The van der Waals surface area contributed by atoms with Crippen molar-refractivity contribution < 1.29 is 13.6 Å². The molecule has 2 aliphatic rings. The molecule has 2 heterocycles. The molecule has 26 heavy (non-hydrogen) atoms. The van der Waals surface area contributed by atoms with Gasteiger partial charge in [0.05, 0.1) is 0 Å². The maximum atomic E-state index is 13.0. The number of benzene rings is 2. The fraction of sp³-hybridized carbons (Fsp3) is 0.316. The number of amides is 1. The summed E-state index contributed by atoms with van der Waals surface area (Å²) < 4.78 is 22.0. The first-order valence-corrected chi connectivity index (χ1v) is 10.1. The molecule has 7 heteroatoms. The lowest BCUT2D eigenvalue weighted by molar-refractivity contribution is -0.118. The van der Waals surface area contributed by atoms with E-state index in [-0.39, 0.29) is 16.8 Å². The normalized spacial score (nSPS) is 21.0. The number of fused-ring (bicyclic) bond motifs is 1. The average Bonchev–Trinajstić information content (AvgIpc) is 3.02. The summed E-state index contributed by atoms with van der Waals surface area (Å²) in [6.45, 7) is 1.48. The fourth-order valence-corrected chi connectivity index (χ4v) is 4.42. The van der Waals surface area contributed by atoms with Crippen molar-refractivity contribution in [3.05, 3.63) is 53.1 Å². The van der Waals surface area contributed by atoms with Gasteiger partial charge >= 0.3 is 0 Å². The molecule has 2 atom stereocenters. The Labute approximate surface area is 159 Å². The number of aryl methyl sites for hydroxylation is 1. The van der Waals surface area contributed by atoms with E-state index in [4.69, 9.17) is 11.6 Å². The lowest BCUT2D eigenvalue weighted by Crippen LogP contribution is -2.44. The highest BCUT2D eigenvalue weighted by Gasteiger charge is 2.38. The first kappa shape index (κ1) is 17.5. The molecular formula is C19H18ClN2O3S-. The number of carbonyl (C=O) groups excluding carboxylic acids is 1. The Morgan fingerprint density at radius 1 is 1.12 bits per heavy atom. The first-order valence-electron chi connectivity index (χ1n) is 8.60. The van der Waals surface area contributed by atoms with Gasteiger partial charge in [-0.05, 0) is 78.4 Å². The highest BCUT2D eigenvalue weighted by Crippen LogP contribution is 2.34. The fourth-order valence-electron chi connectivity index (χ4n) is 3.87. The molecule has 4 rings (SSSR count). The Bertz CT molecular complexity index is 872. The van der Waals surface area contributed by atoms with Crippen LogP contribution in [-0.2, 0) is 22.3 Å². The van der Waals surface area contributed by atoms with Gasteiger partial charge in [-0.3, -0.25) is 9.00 Å². The molecule has 1 saturated heterocycles. The second-order valence-electron chi connectivity index (χ2n) is 6.59. The third-order valence-corrected chi connectivity index (χ3v) is 5.98. The molecule has 0 aromatic heterocycles. The van der Waals surface area contributed by atoms with E-state index >= 15 is 0 Å². The Hall–Kier alpha value is -1.89. The standard InChI is InChI=1S/C19H19ClN2O3S/c20-14-3-8-17-13(12-14)2-1-10-22(17)18-9-11-21(19(18)23)15-4-6-16(7-5-15)26(24)25/h3-8,12,18H,1-2,9-11H2,(H,24,25)/p-1/t18-/m1/s1. The molecule has 0 saturated carbocycles. The van der Waals surface area contributed by atoms with Crippen LogP contribution in [0.1, 0.15) is 18.4 Å². The first-order chi connectivity index (χ1) is 12.5. The van der Waals surface area contributed by atoms with Crippen molar-refractivity contribution in [2.24, 2.45) is 0 Å². The zero-order valence-electron chi connectivity index (χ0n) is 14.1. The highest BCUT2D eigenvalue weighted by molar-refractivity contribution is 7.79. The average molecular weight is 390 g/mol. The third-order valence-electron chi connectivity index (χ3n) is 5.09. The number of carbonyl (C=O) groups is 1. The van der Waals surface area contributed by atoms with Crippen LogP contribution in [0.2, 0.25) is 5.02 Å². The number of hydrogen-bond donors (Lipinski definition) is 0. The molecular weight excluding hydrogens is 372 g/mol. The van der Waals surface area contributed by atoms with E-state index in [0.717, 1.165) is 42.2 Å². The molecule has 1 fully saturated rings. The number of halogens is 1. The zero-order valence-corrected chi connectivity index (χ0v) is 15.6. The second-order valence-corrected chi connectivity index (χ2v) is 7.97. The predicted molar refractivity (Wildman–Crippen MR) is 102 cm³/mol. The van der Waals surface area contributed by atoms with Crippen LogP contribution < -0.4 is 9.80 Å². The van der Waals surface area contributed by atoms with Crippen molar-refractivity contribution in [1.82, 2.24) is 0 Å². The van der Waals surface area contributed by atoms with Gasteiger partial charge in [0.1, 0.15) is 6.04 Å². The molecule has 0 spiro atoms. The molecule has 0 N–H and O–H groups in total. The Kier molecular flexibility index (Phi) is 4.73. The monoisotopic (exact) mass is 389 g/mol. The molecule has 0 radical (unpaired) electrons. The summed E-state index contributed by atoms with van der Waals surface area (Å²) in [5, 5.41) is 0.723. The summed E-state index contributed by atoms with van der Waals surface area (Å²) in [5.74, 6) is 0.0591. The smallest absolute Gasteiger partial charge is 0.249 e. The molecule has 1 unspecified atom stereocenters. The number of rotatable bonds is 3. The van der Waals surface area contributed by atoms with Crippen LogP contribution in [0, 0.1) is 0 Å². The molecule has 5 nitrogen and oxygen atoms in total. The molecule has 2 aliphatic heterocycles. The van der Waals surface area contributed by atoms with Crippen LogP contribution in [0.3, 0.4) is 0 Å². The van der Waals surface area contributed by atoms with Gasteiger partial charge in [-0.2, -0.15) is 0 Å². The lowest BCUT2D eigenvalue weighted by Gasteiger charge is -2.35. The predicted octanol–water partition coefficient (Wildman–Crippen LogP) is 3.14. The Morgan fingerprint density at radius 3 is 2.62 bits per heavy atom. The summed E-state index contributed by atoms with van der Waals surface area (Å²) in [5.41, 5.74) is 3.02. The molecule has 0 bridgehead atoms. The Balaban J connectivity index is 1.58. The lowest BCUT2D eigenvalue weighted by atomic mass is 9.99. The maximum absolute atomic E-state index is 13.0. The van der Waals surface area contributed by atoms with E-state index in [2.05, 4.69) is 4.90 Å². The van der Waals surface area contributed by atoms with Crippen molar-refractivity contribution in [2.75, 3.05) is 22.9 Å². The van der Waals surface area contributed by atoms with Crippen LogP contribution >= 0.6 is 11.6 Å². The van der Waals surface area contributed by atoms with E-state index in [1.54, 1.807) is 17.0 Å². The van der Waals surface area contributed by atoms with E-state index in [0.29, 0.717) is 6.54 Å². The molecule has 2 aromatic rings. The minimum absolute atomic E-state index is 0.0591. The quantitative estimate of drug-likeness (QED) is 0.756. The summed E-state index contributed by atoms with van der Waals surface area (Å²) in [7, 11) is 0. The van der Waals surface area contributed by atoms with Gasteiger partial charge in [0, 0.05) is 34.4 Å². The molecule has 1 amide bonds.